The number of carbonyl (C=O) groups excluding carboxylic acids is 2. The number of aliphatic hydroxyl groups is 1. The largest absolute Gasteiger partial charge is 0.387 e. The molecule has 2 heterocycles. The van der Waals surface area contributed by atoms with Crippen molar-refractivity contribution >= 4 is 34.5 Å². The van der Waals surface area contributed by atoms with Crippen molar-refractivity contribution in [3.05, 3.63) is 44.8 Å². The number of nitrogens with one attached hydrogen (secondary N) is 2. The molecular formula is C13H14N2O3S2. The van der Waals surface area contributed by atoms with E-state index in [1.165, 1.54) is 22.7 Å². The maximum absolute atomic E-state index is 11.5. The molecule has 2 aromatic heterocycles. The summed E-state index contributed by atoms with van der Waals surface area (Å²) in [5.41, 5.74) is 0.731. The second-order valence-corrected chi connectivity index (χ2v) is 5.86. The minimum Gasteiger partial charge on any atom is -0.387 e. The summed E-state index contributed by atoms with van der Waals surface area (Å²) < 4.78 is 0. The van der Waals surface area contributed by atoms with E-state index in [-0.39, 0.29) is 6.54 Å². The van der Waals surface area contributed by atoms with E-state index >= 15 is 0 Å². The van der Waals surface area contributed by atoms with Crippen molar-refractivity contribution in [2.75, 3.05) is 6.54 Å². The van der Waals surface area contributed by atoms with E-state index in [0.29, 0.717) is 6.54 Å². The molecule has 2 aromatic rings. The summed E-state index contributed by atoms with van der Waals surface area (Å²) in [5.74, 6) is -1.44. The van der Waals surface area contributed by atoms with Crippen LogP contribution in [0.4, 0.5) is 0 Å². The van der Waals surface area contributed by atoms with Gasteiger partial charge in [-0.05, 0) is 33.8 Å². The van der Waals surface area contributed by atoms with Gasteiger partial charge < -0.3 is 15.7 Å². The fourth-order valence-corrected chi connectivity index (χ4v) is 2.86. The maximum Gasteiger partial charge on any atom is 0.309 e. The highest BCUT2D eigenvalue weighted by Crippen LogP contribution is 2.14. The first-order valence-corrected chi connectivity index (χ1v) is 7.77. The Bertz CT molecular complexity index is 552. The Hall–Kier alpha value is -1.70. The van der Waals surface area contributed by atoms with Crippen LogP contribution < -0.4 is 10.6 Å². The third-order valence-electron chi connectivity index (χ3n) is 2.59. The molecule has 0 saturated heterocycles. The standard InChI is InChI=1S/C13H14N2O3S2/c16-11(9-3-5-19-8-9)7-15-13(18)12(17)14-6-10-2-1-4-20-10/h1-5,8,11,16H,6-7H2,(H,14,17)(H,15,18). The third-order valence-corrected chi connectivity index (χ3v) is 4.17. The lowest BCUT2D eigenvalue weighted by Gasteiger charge is -2.10. The zero-order valence-electron chi connectivity index (χ0n) is 10.5. The number of hydrogen-bond acceptors (Lipinski definition) is 5. The van der Waals surface area contributed by atoms with E-state index in [0.717, 1.165) is 10.4 Å². The summed E-state index contributed by atoms with van der Waals surface area (Å²) in [4.78, 5) is 24.1. The molecule has 1 atom stereocenters. The van der Waals surface area contributed by atoms with E-state index in [2.05, 4.69) is 10.6 Å². The topological polar surface area (TPSA) is 78.4 Å². The molecule has 1 unspecified atom stereocenters. The van der Waals surface area contributed by atoms with Crippen molar-refractivity contribution in [1.29, 1.82) is 0 Å². The predicted octanol–water partition coefficient (Wildman–Crippen LogP) is 1.28. The molecule has 0 aromatic carbocycles. The van der Waals surface area contributed by atoms with Crippen LogP contribution in [0.5, 0.6) is 0 Å². The summed E-state index contributed by atoms with van der Waals surface area (Å²) in [6, 6.07) is 5.53. The number of carbonyl (C=O) groups is 2. The molecule has 0 spiro atoms. The number of aliphatic hydroxyl groups excluding tert-OH is 1. The Balaban J connectivity index is 1.72. The Kier molecular flexibility index (Phi) is 5.28. The van der Waals surface area contributed by atoms with Gasteiger partial charge in [-0.15, -0.1) is 11.3 Å². The summed E-state index contributed by atoms with van der Waals surface area (Å²) >= 11 is 2.97. The second kappa shape index (κ2) is 7.18. The lowest BCUT2D eigenvalue weighted by atomic mass is 10.2. The van der Waals surface area contributed by atoms with Crippen LogP contribution in [-0.2, 0) is 16.1 Å². The molecule has 2 amide bonds. The number of amides is 2. The van der Waals surface area contributed by atoms with E-state index in [9.17, 15) is 14.7 Å². The third kappa shape index (κ3) is 4.16. The van der Waals surface area contributed by atoms with Crippen molar-refractivity contribution < 1.29 is 14.7 Å². The second-order valence-electron chi connectivity index (χ2n) is 4.04. The highest BCUT2D eigenvalue weighted by Gasteiger charge is 2.15. The SMILES string of the molecule is O=C(NCc1cccs1)C(=O)NCC(O)c1ccsc1. The maximum atomic E-state index is 11.5. The van der Waals surface area contributed by atoms with Gasteiger partial charge in [0.2, 0.25) is 0 Å². The Morgan fingerprint density at radius 2 is 2.00 bits per heavy atom. The van der Waals surface area contributed by atoms with Gasteiger partial charge in [0.25, 0.3) is 0 Å². The molecule has 2 rings (SSSR count). The molecule has 3 N–H and O–H groups in total. The molecule has 5 nitrogen and oxygen atoms in total. The highest BCUT2D eigenvalue weighted by molar-refractivity contribution is 7.09. The van der Waals surface area contributed by atoms with E-state index in [1.807, 2.05) is 22.9 Å². The van der Waals surface area contributed by atoms with Gasteiger partial charge in [0.05, 0.1) is 12.6 Å². The predicted molar refractivity (Wildman–Crippen MR) is 78.5 cm³/mol. The lowest BCUT2D eigenvalue weighted by Crippen LogP contribution is -2.41. The minimum absolute atomic E-state index is 0.0159. The molecule has 0 bridgehead atoms. The fourth-order valence-electron chi connectivity index (χ4n) is 1.51. The normalized spacial score (nSPS) is 11.8. The number of thiophene rings is 2. The zero-order chi connectivity index (χ0) is 14.4. The van der Waals surface area contributed by atoms with E-state index in [4.69, 9.17) is 0 Å². The van der Waals surface area contributed by atoms with Crippen LogP contribution in [-0.4, -0.2) is 23.5 Å². The minimum atomic E-state index is -0.796. The van der Waals surface area contributed by atoms with Crippen LogP contribution in [0.25, 0.3) is 0 Å². The van der Waals surface area contributed by atoms with Crippen LogP contribution in [0, 0.1) is 0 Å². The molecule has 0 aliphatic rings. The summed E-state index contributed by atoms with van der Waals surface area (Å²) in [5, 5.41) is 20.3. The first-order chi connectivity index (χ1) is 9.66. The number of hydrogen-bond donors (Lipinski definition) is 3. The summed E-state index contributed by atoms with van der Waals surface area (Å²) in [6.45, 7) is 0.346. The van der Waals surface area contributed by atoms with Gasteiger partial charge in [0.1, 0.15) is 0 Å². The Morgan fingerprint density at radius 3 is 2.65 bits per heavy atom. The monoisotopic (exact) mass is 310 g/mol. The fraction of sp³-hybridized carbons (Fsp3) is 0.231. The van der Waals surface area contributed by atoms with Crippen molar-refractivity contribution in [2.24, 2.45) is 0 Å². The van der Waals surface area contributed by atoms with E-state index < -0.39 is 17.9 Å². The van der Waals surface area contributed by atoms with Crippen molar-refractivity contribution in [3.63, 3.8) is 0 Å². The van der Waals surface area contributed by atoms with Gasteiger partial charge >= 0.3 is 11.8 Å². The first-order valence-electron chi connectivity index (χ1n) is 5.95. The van der Waals surface area contributed by atoms with Crippen LogP contribution in [0.15, 0.2) is 34.3 Å². The molecule has 0 aliphatic heterocycles. The van der Waals surface area contributed by atoms with Gasteiger partial charge in [-0.1, -0.05) is 6.07 Å². The van der Waals surface area contributed by atoms with Crippen LogP contribution >= 0.6 is 22.7 Å². The van der Waals surface area contributed by atoms with Crippen molar-refractivity contribution in [2.45, 2.75) is 12.6 Å². The van der Waals surface area contributed by atoms with Gasteiger partial charge in [-0.3, -0.25) is 9.59 Å². The Labute approximate surface area is 124 Å². The molecule has 0 radical (unpaired) electrons. The smallest absolute Gasteiger partial charge is 0.309 e. The molecule has 20 heavy (non-hydrogen) atoms. The average molecular weight is 310 g/mol. The Morgan fingerprint density at radius 1 is 1.20 bits per heavy atom. The zero-order valence-corrected chi connectivity index (χ0v) is 12.2. The van der Waals surface area contributed by atoms with Gasteiger partial charge in [-0.25, -0.2) is 0 Å². The molecule has 7 heteroatoms. The van der Waals surface area contributed by atoms with Crippen molar-refractivity contribution in [1.82, 2.24) is 10.6 Å². The average Bonchev–Trinajstić information content (AvgIpc) is 3.13. The van der Waals surface area contributed by atoms with Gasteiger partial charge in [-0.2, -0.15) is 11.3 Å². The van der Waals surface area contributed by atoms with Crippen LogP contribution in [0.1, 0.15) is 16.5 Å². The molecule has 0 fully saturated rings. The van der Waals surface area contributed by atoms with E-state index in [1.54, 1.807) is 11.4 Å². The molecule has 0 aliphatic carbocycles. The first kappa shape index (κ1) is 14.7. The van der Waals surface area contributed by atoms with Gasteiger partial charge in [0, 0.05) is 11.4 Å². The summed E-state index contributed by atoms with van der Waals surface area (Å²) in [7, 11) is 0. The lowest BCUT2D eigenvalue weighted by molar-refractivity contribution is -0.139. The highest BCUT2D eigenvalue weighted by atomic mass is 32.1. The molecule has 106 valence electrons. The van der Waals surface area contributed by atoms with Crippen LogP contribution in [0.2, 0.25) is 0 Å². The van der Waals surface area contributed by atoms with Gasteiger partial charge in [0.15, 0.2) is 0 Å². The number of rotatable bonds is 5. The quantitative estimate of drug-likeness (QED) is 0.728. The van der Waals surface area contributed by atoms with Crippen molar-refractivity contribution in [3.8, 4) is 0 Å². The summed E-state index contributed by atoms with van der Waals surface area (Å²) in [6.07, 6.45) is -0.796. The molecule has 0 saturated carbocycles. The molecular weight excluding hydrogens is 296 g/mol. The van der Waals surface area contributed by atoms with Crippen LogP contribution in [0.3, 0.4) is 0 Å².